The zero-order chi connectivity index (χ0) is 13.1. The molecule has 0 aliphatic rings. The van der Waals surface area contributed by atoms with Crippen molar-refractivity contribution in [3.63, 3.8) is 0 Å². The van der Waals surface area contributed by atoms with Crippen molar-refractivity contribution in [3.8, 4) is 0 Å². The van der Waals surface area contributed by atoms with E-state index in [4.69, 9.17) is 4.42 Å². The number of benzene rings is 1. The van der Waals surface area contributed by atoms with Crippen molar-refractivity contribution in [1.29, 1.82) is 0 Å². The Morgan fingerprint density at radius 3 is 2.22 bits per heavy atom. The molecule has 0 amide bonds. The Balaban J connectivity index is 2.02. The quantitative estimate of drug-likeness (QED) is 0.880. The summed E-state index contributed by atoms with van der Waals surface area (Å²) in [6.07, 6.45) is 0. The molecule has 1 unspecified atom stereocenters. The third-order valence-electron chi connectivity index (χ3n) is 3.10. The number of rotatable bonds is 4. The van der Waals surface area contributed by atoms with Crippen molar-refractivity contribution in [2.75, 3.05) is 0 Å². The standard InChI is InChI=1S/C15H18BrNO/c1-10-4-6-13(7-5-10)11(2)17-12(3)14-8-9-15(16)18-14/h4-9,11-12,17H,1-3H3/t11-,12?/m1/s1. The number of hydrogen-bond donors (Lipinski definition) is 1. The first-order valence-electron chi connectivity index (χ1n) is 6.14. The van der Waals surface area contributed by atoms with Crippen molar-refractivity contribution in [3.05, 3.63) is 58.0 Å². The van der Waals surface area contributed by atoms with E-state index in [1.165, 1.54) is 11.1 Å². The van der Waals surface area contributed by atoms with Crippen LogP contribution in [0.25, 0.3) is 0 Å². The second-order valence-corrected chi connectivity index (χ2v) is 5.44. The van der Waals surface area contributed by atoms with E-state index in [-0.39, 0.29) is 6.04 Å². The van der Waals surface area contributed by atoms with Crippen LogP contribution in [0.3, 0.4) is 0 Å². The largest absolute Gasteiger partial charge is 0.453 e. The molecule has 1 aromatic heterocycles. The van der Waals surface area contributed by atoms with E-state index in [0.717, 1.165) is 10.4 Å². The van der Waals surface area contributed by atoms with Gasteiger partial charge in [-0.25, -0.2) is 0 Å². The van der Waals surface area contributed by atoms with Gasteiger partial charge in [-0.15, -0.1) is 0 Å². The third kappa shape index (κ3) is 3.24. The van der Waals surface area contributed by atoms with Gasteiger partial charge in [0.1, 0.15) is 5.76 Å². The predicted molar refractivity (Wildman–Crippen MR) is 77.6 cm³/mol. The molecule has 18 heavy (non-hydrogen) atoms. The lowest BCUT2D eigenvalue weighted by atomic mass is 10.1. The molecule has 0 bridgehead atoms. The summed E-state index contributed by atoms with van der Waals surface area (Å²) in [4.78, 5) is 0. The van der Waals surface area contributed by atoms with E-state index in [0.29, 0.717) is 6.04 Å². The molecular weight excluding hydrogens is 290 g/mol. The smallest absolute Gasteiger partial charge is 0.169 e. The van der Waals surface area contributed by atoms with Gasteiger partial charge in [-0.2, -0.15) is 0 Å². The van der Waals surface area contributed by atoms with Crippen molar-refractivity contribution >= 4 is 15.9 Å². The zero-order valence-electron chi connectivity index (χ0n) is 10.9. The Morgan fingerprint density at radius 1 is 1.00 bits per heavy atom. The van der Waals surface area contributed by atoms with E-state index < -0.39 is 0 Å². The van der Waals surface area contributed by atoms with Crippen LogP contribution in [-0.4, -0.2) is 0 Å². The molecule has 0 fully saturated rings. The van der Waals surface area contributed by atoms with Crippen LogP contribution in [0.5, 0.6) is 0 Å². The molecule has 96 valence electrons. The van der Waals surface area contributed by atoms with Gasteiger partial charge in [0.25, 0.3) is 0 Å². The average Bonchev–Trinajstić information content (AvgIpc) is 2.76. The van der Waals surface area contributed by atoms with Gasteiger partial charge in [0.15, 0.2) is 4.67 Å². The Morgan fingerprint density at radius 2 is 1.67 bits per heavy atom. The maximum absolute atomic E-state index is 5.56. The fraction of sp³-hybridized carbons (Fsp3) is 0.333. The molecule has 0 aliphatic carbocycles. The topological polar surface area (TPSA) is 25.2 Å². The van der Waals surface area contributed by atoms with Crippen molar-refractivity contribution in [2.45, 2.75) is 32.9 Å². The Kier molecular flexibility index (Phi) is 4.25. The van der Waals surface area contributed by atoms with Crippen molar-refractivity contribution < 1.29 is 4.42 Å². The molecule has 2 nitrogen and oxygen atoms in total. The first-order chi connectivity index (χ1) is 8.56. The normalized spacial score (nSPS) is 14.4. The van der Waals surface area contributed by atoms with Gasteiger partial charge in [-0.1, -0.05) is 29.8 Å². The minimum atomic E-state index is 0.188. The van der Waals surface area contributed by atoms with E-state index >= 15 is 0 Å². The molecule has 1 N–H and O–H groups in total. The van der Waals surface area contributed by atoms with Crippen LogP contribution in [0.2, 0.25) is 0 Å². The van der Waals surface area contributed by atoms with Gasteiger partial charge in [-0.3, -0.25) is 0 Å². The molecule has 0 aliphatic heterocycles. The van der Waals surface area contributed by atoms with Crippen LogP contribution in [0.15, 0.2) is 45.5 Å². The van der Waals surface area contributed by atoms with Gasteiger partial charge < -0.3 is 9.73 Å². The van der Waals surface area contributed by atoms with Crippen LogP contribution in [0.4, 0.5) is 0 Å². The average molecular weight is 308 g/mol. The molecule has 0 saturated carbocycles. The summed E-state index contributed by atoms with van der Waals surface area (Å²) in [6, 6.07) is 13.0. The van der Waals surface area contributed by atoms with Gasteiger partial charge >= 0.3 is 0 Å². The van der Waals surface area contributed by atoms with E-state index in [2.05, 4.69) is 66.3 Å². The molecule has 1 aromatic carbocycles. The van der Waals surface area contributed by atoms with Crippen LogP contribution in [-0.2, 0) is 0 Å². The first-order valence-corrected chi connectivity index (χ1v) is 6.93. The lowest BCUT2D eigenvalue weighted by molar-refractivity contribution is 0.394. The highest BCUT2D eigenvalue weighted by atomic mass is 79.9. The van der Waals surface area contributed by atoms with Gasteiger partial charge in [0.05, 0.1) is 6.04 Å². The maximum atomic E-state index is 5.56. The number of halogens is 1. The summed E-state index contributed by atoms with van der Waals surface area (Å²) < 4.78 is 6.33. The summed E-state index contributed by atoms with van der Waals surface area (Å²) in [6.45, 7) is 6.37. The maximum Gasteiger partial charge on any atom is 0.169 e. The number of nitrogens with one attached hydrogen (secondary N) is 1. The van der Waals surface area contributed by atoms with Crippen LogP contribution >= 0.6 is 15.9 Å². The van der Waals surface area contributed by atoms with Gasteiger partial charge in [0.2, 0.25) is 0 Å². The third-order valence-corrected chi connectivity index (χ3v) is 3.52. The van der Waals surface area contributed by atoms with Gasteiger partial charge in [0, 0.05) is 6.04 Å². The summed E-state index contributed by atoms with van der Waals surface area (Å²) >= 11 is 3.33. The Bertz CT molecular complexity index is 503. The first kappa shape index (κ1) is 13.4. The summed E-state index contributed by atoms with van der Waals surface area (Å²) in [5, 5.41) is 3.53. The second-order valence-electron chi connectivity index (χ2n) is 4.66. The van der Waals surface area contributed by atoms with Crippen molar-refractivity contribution in [2.24, 2.45) is 0 Å². The van der Waals surface area contributed by atoms with Crippen LogP contribution < -0.4 is 5.32 Å². The van der Waals surface area contributed by atoms with Crippen LogP contribution in [0, 0.1) is 6.92 Å². The Labute approximate surface area is 117 Å². The number of aryl methyl sites for hydroxylation is 1. The minimum absolute atomic E-state index is 0.188. The predicted octanol–water partition coefficient (Wildman–Crippen LogP) is 4.76. The summed E-state index contributed by atoms with van der Waals surface area (Å²) in [7, 11) is 0. The van der Waals surface area contributed by atoms with Crippen LogP contribution in [0.1, 0.15) is 42.8 Å². The number of furan rings is 1. The fourth-order valence-corrected chi connectivity index (χ4v) is 2.29. The lowest BCUT2D eigenvalue weighted by Crippen LogP contribution is -2.22. The number of hydrogen-bond acceptors (Lipinski definition) is 2. The van der Waals surface area contributed by atoms with E-state index in [1.807, 2.05) is 12.1 Å². The minimum Gasteiger partial charge on any atom is -0.453 e. The summed E-state index contributed by atoms with van der Waals surface area (Å²) in [5.74, 6) is 0.945. The molecular formula is C15H18BrNO. The molecule has 2 atom stereocenters. The second kappa shape index (κ2) is 5.72. The molecule has 0 radical (unpaired) electrons. The highest BCUT2D eigenvalue weighted by Gasteiger charge is 2.13. The fourth-order valence-electron chi connectivity index (χ4n) is 1.97. The highest BCUT2D eigenvalue weighted by Crippen LogP contribution is 2.23. The summed E-state index contributed by atoms with van der Waals surface area (Å²) in [5.41, 5.74) is 2.58. The van der Waals surface area contributed by atoms with Gasteiger partial charge in [-0.05, 0) is 54.4 Å². The molecule has 2 rings (SSSR count). The molecule has 3 heteroatoms. The molecule has 0 saturated heterocycles. The molecule has 2 aromatic rings. The molecule has 0 spiro atoms. The molecule has 1 heterocycles. The van der Waals surface area contributed by atoms with Crippen molar-refractivity contribution in [1.82, 2.24) is 5.32 Å². The zero-order valence-corrected chi connectivity index (χ0v) is 12.5. The Hall–Kier alpha value is -1.06. The van der Waals surface area contributed by atoms with E-state index in [1.54, 1.807) is 0 Å². The monoisotopic (exact) mass is 307 g/mol. The van der Waals surface area contributed by atoms with E-state index in [9.17, 15) is 0 Å². The lowest BCUT2D eigenvalue weighted by Gasteiger charge is -2.19. The SMILES string of the molecule is Cc1ccc([C@@H](C)NC(C)c2ccc(Br)o2)cc1. The highest BCUT2D eigenvalue weighted by molar-refractivity contribution is 9.10.